The van der Waals surface area contributed by atoms with Crippen molar-refractivity contribution in [3.63, 3.8) is 0 Å². The monoisotopic (exact) mass is 1820 g/mol. The predicted molar refractivity (Wildman–Crippen MR) is 396 cm³/mol. The molecule has 3 saturated carbocycles. The summed E-state index contributed by atoms with van der Waals surface area (Å²) in [6.07, 6.45) is -47.3. The molecule has 3 aliphatic carbocycles. The van der Waals surface area contributed by atoms with Crippen LogP contribution in [0.4, 0.5) is 92.2 Å². The van der Waals surface area contributed by atoms with Crippen LogP contribution in [0.2, 0.25) is 0 Å². The van der Waals surface area contributed by atoms with E-state index < -0.39 is 245 Å². The van der Waals surface area contributed by atoms with E-state index >= 15 is 0 Å². The van der Waals surface area contributed by atoms with Crippen molar-refractivity contribution in [3.05, 3.63) is 72.9 Å². The van der Waals surface area contributed by atoms with Gasteiger partial charge in [-0.05, 0) is 167 Å². The molecule has 0 aromatic carbocycles. The van der Waals surface area contributed by atoms with Crippen LogP contribution in [0, 0.1) is 35.5 Å². The van der Waals surface area contributed by atoms with E-state index in [1.807, 2.05) is 0 Å². The molecular formula is C76H114F21NO22S. The van der Waals surface area contributed by atoms with Crippen molar-refractivity contribution in [2.45, 2.75) is 307 Å². The van der Waals surface area contributed by atoms with Gasteiger partial charge in [0.1, 0.15) is 37.1 Å². The third kappa shape index (κ3) is 37.6. The van der Waals surface area contributed by atoms with Crippen molar-refractivity contribution in [2.24, 2.45) is 35.5 Å². The van der Waals surface area contributed by atoms with E-state index in [2.05, 4.69) is 54.8 Å². The lowest BCUT2D eigenvalue weighted by Crippen LogP contribution is -2.63. The largest absolute Gasteiger partial charge is 0.461 e. The van der Waals surface area contributed by atoms with Gasteiger partial charge in [0.2, 0.25) is 0 Å². The molecule has 45 heteroatoms. The van der Waals surface area contributed by atoms with Crippen LogP contribution in [0.25, 0.3) is 0 Å². The summed E-state index contributed by atoms with van der Waals surface area (Å²) in [6, 6.07) is 0. The minimum Gasteiger partial charge on any atom is -0.461 e. The number of carbonyl (C=O) groups is 6. The lowest BCUT2D eigenvalue weighted by molar-refractivity contribution is -0.318. The number of hydrogen-bond acceptors (Lipinski definition) is 22. The molecule has 708 valence electrons. The highest BCUT2D eigenvalue weighted by Crippen LogP contribution is 2.53. The van der Waals surface area contributed by atoms with Gasteiger partial charge in [0.15, 0.2) is 39.2 Å². The Morgan fingerprint density at radius 1 is 0.405 bits per heavy atom. The van der Waals surface area contributed by atoms with E-state index in [9.17, 15) is 166 Å². The zero-order valence-corrected chi connectivity index (χ0v) is 70.6. The van der Waals surface area contributed by atoms with E-state index in [-0.39, 0.29) is 66.1 Å². The minimum atomic E-state index is -5.28. The molecule has 0 bridgehead atoms. The van der Waals surface area contributed by atoms with Crippen molar-refractivity contribution in [3.8, 4) is 0 Å². The van der Waals surface area contributed by atoms with Crippen molar-refractivity contribution in [1.82, 2.24) is 4.72 Å². The topological polar surface area (TPSA) is 369 Å². The predicted octanol–water partition coefficient (Wildman–Crippen LogP) is 13.3. The summed E-state index contributed by atoms with van der Waals surface area (Å²) in [5, 5.41) is 87.7. The molecule has 10 N–H and O–H groups in total. The minimum absolute atomic E-state index is 0.0328. The number of halogens is 21. The van der Waals surface area contributed by atoms with Crippen LogP contribution in [-0.2, 0) is 66.9 Å². The van der Waals surface area contributed by atoms with Crippen LogP contribution in [0.3, 0.4) is 0 Å². The third-order valence-corrected chi connectivity index (χ3v) is 20.2. The van der Waals surface area contributed by atoms with Gasteiger partial charge in [0.25, 0.3) is 0 Å². The molecule has 0 amide bonds. The normalized spacial score (nSPS) is 24.9. The second kappa shape index (κ2) is 45.0. The molecule has 0 heterocycles. The van der Waals surface area contributed by atoms with Gasteiger partial charge in [0.05, 0.1) is 12.2 Å². The van der Waals surface area contributed by atoms with Crippen LogP contribution in [0.15, 0.2) is 72.9 Å². The second-order valence-electron chi connectivity index (χ2n) is 32.1. The molecule has 3 rings (SSSR count). The van der Waals surface area contributed by atoms with E-state index in [1.165, 1.54) is 47.8 Å². The van der Waals surface area contributed by atoms with E-state index in [4.69, 9.17) is 28.8 Å². The molecule has 3 fully saturated rings. The maximum atomic E-state index is 13.2. The van der Waals surface area contributed by atoms with E-state index in [1.54, 1.807) is 20.8 Å². The molecule has 0 saturated heterocycles. The van der Waals surface area contributed by atoms with Gasteiger partial charge in [-0.25, -0.2) is 33.5 Å². The zero-order valence-electron chi connectivity index (χ0n) is 69.8. The summed E-state index contributed by atoms with van der Waals surface area (Å²) < 4.78 is 314. The van der Waals surface area contributed by atoms with Gasteiger partial charge < -0.3 is 74.4 Å². The Morgan fingerprint density at radius 3 is 0.992 bits per heavy atom. The Morgan fingerprint density at radius 2 is 0.694 bits per heavy atom. The van der Waals surface area contributed by atoms with Crippen molar-refractivity contribution in [2.75, 3.05) is 19.4 Å². The summed E-state index contributed by atoms with van der Waals surface area (Å²) in [7, 11) is -2.21. The Labute approximate surface area is 687 Å². The van der Waals surface area contributed by atoms with Crippen LogP contribution < -0.4 is 4.72 Å². The summed E-state index contributed by atoms with van der Waals surface area (Å²) >= 11 is 0. The molecule has 0 aromatic rings. The molecule has 23 nitrogen and oxygen atoms in total. The Hall–Kier alpha value is -6.59. The Balaban J connectivity index is -0.00000140. The van der Waals surface area contributed by atoms with Gasteiger partial charge in [-0.1, -0.05) is 53.3 Å². The molecule has 17 atom stereocenters. The fourth-order valence-corrected chi connectivity index (χ4v) is 11.9. The maximum absolute atomic E-state index is 13.2. The molecule has 17 unspecified atom stereocenters. The van der Waals surface area contributed by atoms with Gasteiger partial charge in [-0.2, -0.15) is 92.2 Å². The highest BCUT2D eigenvalue weighted by atomic mass is 32.2. The number of aliphatic hydroxyl groups excluding tert-OH is 2. The molecule has 0 spiro atoms. The fourth-order valence-electron chi connectivity index (χ4n) is 11.4. The number of carbonyl (C=O) groups excluding carboxylic acids is 6. The van der Waals surface area contributed by atoms with Crippen molar-refractivity contribution >= 4 is 51.4 Å². The average molecular weight is 1820 g/mol. The number of esters is 6. The molecule has 0 aliphatic heterocycles. The number of ether oxygens (including phenoxy) is 6. The number of hydrogen-bond donors (Lipinski definition) is 10. The van der Waals surface area contributed by atoms with Crippen molar-refractivity contribution < 1.29 is 200 Å². The van der Waals surface area contributed by atoms with Crippen LogP contribution in [0.1, 0.15) is 181 Å². The molecular weight excluding hydrogens is 1710 g/mol. The molecule has 0 radical (unpaired) electrons. The van der Waals surface area contributed by atoms with Gasteiger partial charge in [0, 0.05) is 98.4 Å². The molecule has 3 aliphatic rings. The molecule has 121 heavy (non-hydrogen) atoms. The lowest BCUT2D eigenvalue weighted by Gasteiger charge is -2.49. The first-order valence-corrected chi connectivity index (χ1v) is 38.6. The highest BCUT2D eigenvalue weighted by Gasteiger charge is 2.67. The maximum Gasteiger partial charge on any atom is 0.417 e. The number of nitrogens with one attached hydrogen (secondary N) is 1. The zero-order chi connectivity index (χ0) is 97.1. The quantitative estimate of drug-likeness (QED) is 0.00960. The van der Waals surface area contributed by atoms with Crippen LogP contribution >= 0.6 is 0 Å². The highest BCUT2D eigenvalue weighted by molar-refractivity contribution is 7.97. The van der Waals surface area contributed by atoms with Crippen molar-refractivity contribution in [1.29, 1.82) is 0 Å². The number of aliphatic hydroxyl groups is 9. The van der Waals surface area contributed by atoms with Gasteiger partial charge in [-0.3, -0.25) is 4.21 Å². The first-order chi connectivity index (χ1) is 53.4. The third-order valence-electron chi connectivity index (χ3n) is 19.4. The smallest absolute Gasteiger partial charge is 0.417 e. The fraction of sp³-hybridized carbons (Fsp3) is 0.750. The number of rotatable bonds is 26. The van der Waals surface area contributed by atoms with E-state index in [0.29, 0.717) is 60.6 Å². The Bertz CT molecular complexity index is 3540. The molecule has 0 aromatic heterocycles. The lowest BCUT2D eigenvalue weighted by atomic mass is 9.65. The average Bonchev–Trinajstić information content (AvgIpc) is 0.752. The standard InChI is InChI=1S/C16H22F6O5.C16H22F6O4.C13H19F3O4.C13H21F3O3.C10H15F3O3.C8H15NO3S/c1-7(2)12(24)27-8-5-9(13(3,25)15(17,18)19)11(23)10(6-8)14(4,26)16(20,21)22;1-8(2)12(23)26-11-6-9(13(3,24)15(17,18)19)5-10(7-11)14(4,25)16(20,21)22;1-7(2)11(18)20-8-4-5-10(17)9(6-8)12(3,19)13(14,15)16;1-8(2)6-10(19-11(17)9(3)4)7-12(5,18)13(14,15)16;1-6(2)8(14)16-7(3)5-9(4,15)10(11,12)13;1-7(2)8(10)12-6-5-9-13(3,4)11/h8-11,23,25-26H,1,5-6H2,2-4H3;9-11,24-25H,1,5-7H2,2-4H3;8-10,17,19H,1,4-6H2,2-3H3;8,10,18H,3,6-7H2,1-2,4-5H3;7,15H,1,5H2,2-4H3;1,3,5-6H2,2,4H3,(H,9,11). The second-order valence-corrected chi connectivity index (χ2v) is 34.4. The summed E-state index contributed by atoms with van der Waals surface area (Å²) in [5.41, 5.74) is -22.1. The summed E-state index contributed by atoms with van der Waals surface area (Å²) in [4.78, 5) is 67.9. The summed E-state index contributed by atoms with van der Waals surface area (Å²) in [5.74, 6) is -10.4. The number of alkyl halides is 21. The first kappa shape index (κ1) is 119. The Kier molecular flexibility index (Phi) is 44.1. The van der Waals surface area contributed by atoms with Crippen LogP contribution in [-0.4, -0.2) is 236 Å². The summed E-state index contributed by atoms with van der Waals surface area (Å²) in [6.45, 7) is 37.2. The first-order valence-electron chi connectivity index (χ1n) is 36.5. The SMILES string of the molecule is C=C(C)C(=O)OC(C)CC(C)(O)C(F)(F)F.C=C(C)C(=O)OC(CC(C)C)CC(C)(O)C(F)(F)F.C=C(C)C(=O)OC1CC(C(C)(O)C(F)(F)F)C(O)C(C(C)(O)C(F)(F)F)C1.C=C(C)C(=O)OC1CC(C(C)(O)C(F)(F)F)CC(C(C)(O)C(F)(F)F)C1.C=C(C)C(=O)OC1CCC(O)C(C(C)(O)C(F)(F)F)C1.C=C(C)C(=O)OCCNS(=C)(C)=O. The van der Waals surface area contributed by atoms with Crippen LogP contribution in [0.5, 0.6) is 0 Å². The van der Waals surface area contributed by atoms with Gasteiger partial charge >= 0.3 is 79.0 Å². The van der Waals surface area contributed by atoms with E-state index in [0.717, 1.165) is 0 Å². The van der Waals surface area contributed by atoms with Gasteiger partial charge in [-0.15, -0.1) is 0 Å².